The summed E-state index contributed by atoms with van der Waals surface area (Å²) in [6, 6.07) is 10.2. The minimum Gasteiger partial charge on any atom is -0.489 e. The molecule has 1 aliphatic heterocycles. The van der Waals surface area contributed by atoms with Crippen LogP contribution in [-0.4, -0.2) is 37.3 Å². The van der Waals surface area contributed by atoms with E-state index < -0.39 is 11.9 Å². The number of pyridine rings is 1. The first-order chi connectivity index (χ1) is 16.0. The van der Waals surface area contributed by atoms with Crippen LogP contribution in [0.4, 0.5) is 4.39 Å². The van der Waals surface area contributed by atoms with Crippen molar-refractivity contribution in [2.24, 2.45) is 5.73 Å². The molecule has 1 atom stereocenters. The summed E-state index contributed by atoms with van der Waals surface area (Å²) in [5, 5.41) is 11.4. The number of aliphatic hydroxyl groups is 1. The molecule has 0 radical (unpaired) electrons. The highest BCUT2D eigenvalue weighted by molar-refractivity contribution is 5.68. The van der Waals surface area contributed by atoms with Crippen molar-refractivity contribution in [3.05, 3.63) is 70.2 Å². The van der Waals surface area contributed by atoms with Gasteiger partial charge in [0.15, 0.2) is 18.3 Å². The summed E-state index contributed by atoms with van der Waals surface area (Å²) < 4.78 is 36.9. The number of nitrogens with zero attached hydrogens (tertiary/aromatic N) is 1. The van der Waals surface area contributed by atoms with Crippen molar-refractivity contribution in [3.8, 4) is 28.5 Å². The van der Waals surface area contributed by atoms with Crippen molar-refractivity contribution in [1.82, 2.24) is 4.98 Å². The fourth-order valence-electron chi connectivity index (χ4n) is 4.11. The SMILES string of the molecule is COCOc1ccc(C(O)c2c(C)cc(OCN)c3c2CCO3)nc1-c1cccc(C)c1F. The van der Waals surface area contributed by atoms with E-state index in [2.05, 4.69) is 4.98 Å². The topological polar surface area (TPSA) is 96.1 Å². The number of aryl methyl sites for hydroxylation is 2. The fourth-order valence-corrected chi connectivity index (χ4v) is 4.11. The molecule has 0 saturated carbocycles. The summed E-state index contributed by atoms with van der Waals surface area (Å²) in [5.74, 6) is 1.10. The molecule has 8 heteroatoms. The molecule has 0 saturated heterocycles. The van der Waals surface area contributed by atoms with Crippen molar-refractivity contribution in [3.63, 3.8) is 0 Å². The largest absolute Gasteiger partial charge is 0.489 e. The first-order valence-corrected chi connectivity index (χ1v) is 10.6. The molecule has 1 aliphatic rings. The van der Waals surface area contributed by atoms with Gasteiger partial charge in [-0.25, -0.2) is 9.37 Å². The normalized spacial score (nSPS) is 13.4. The molecular weight excluding hydrogens is 427 g/mol. The van der Waals surface area contributed by atoms with E-state index in [9.17, 15) is 9.50 Å². The second-order valence-corrected chi connectivity index (χ2v) is 7.80. The average molecular weight is 454 g/mol. The van der Waals surface area contributed by atoms with Gasteiger partial charge < -0.3 is 24.1 Å². The van der Waals surface area contributed by atoms with Crippen molar-refractivity contribution >= 4 is 0 Å². The zero-order valence-corrected chi connectivity index (χ0v) is 18.9. The summed E-state index contributed by atoms with van der Waals surface area (Å²) >= 11 is 0. The van der Waals surface area contributed by atoms with Crippen LogP contribution in [0.25, 0.3) is 11.3 Å². The van der Waals surface area contributed by atoms with Gasteiger partial charge in [0.05, 0.1) is 12.3 Å². The monoisotopic (exact) mass is 454 g/mol. The Morgan fingerprint density at radius 2 is 1.97 bits per heavy atom. The Balaban J connectivity index is 1.82. The Kier molecular flexibility index (Phi) is 6.78. The van der Waals surface area contributed by atoms with Crippen LogP contribution in [0.1, 0.15) is 34.1 Å². The predicted octanol–water partition coefficient (Wildman–Crippen LogP) is 3.80. The lowest BCUT2D eigenvalue weighted by atomic mass is 9.92. The van der Waals surface area contributed by atoms with E-state index in [1.165, 1.54) is 7.11 Å². The Bertz CT molecular complexity index is 1170. The van der Waals surface area contributed by atoms with E-state index in [1.54, 1.807) is 43.3 Å². The highest BCUT2D eigenvalue weighted by Gasteiger charge is 2.29. The maximum Gasteiger partial charge on any atom is 0.188 e. The summed E-state index contributed by atoms with van der Waals surface area (Å²) in [6.07, 6.45) is -0.436. The summed E-state index contributed by atoms with van der Waals surface area (Å²) in [4.78, 5) is 4.64. The summed E-state index contributed by atoms with van der Waals surface area (Å²) in [7, 11) is 1.50. The van der Waals surface area contributed by atoms with E-state index in [4.69, 9.17) is 24.7 Å². The van der Waals surface area contributed by atoms with Gasteiger partial charge >= 0.3 is 0 Å². The number of methoxy groups -OCH3 is 1. The van der Waals surface area contributed by atoms with Crippen LogP contribution in [0.15, 0.2) is 36.4 Å². The zero-order chi connectivity index (χ0) is 23.5. The maximum absolute atomic E-state index is 15.0. The standard InChI is InChI=1S/C25H27FN2O5/c1-14-5-4-6-17(22(14)26)23-19(33-13-30-3)8-7-18(28-23)24(29)21-15(2)11-20(32-12-27)25-16(21)9-10-31-25/h4-8,11,24,29H,9-10,12-13,27H2,1-3H3. The zero-order valence-electron chi connectivity index (χ0n) is 18.9. The predicted molar refractivity (Wildman–Crippen MR) is 121 cm³/mol. The van der Waals surface area contributed by atoms with Gasteiger partial charge in [-0.15, -0.1) is 0 Å². The number of nitrogens with two attached hydrogens (primary N) is 1. The highest BCUT2D eigenvalue weighted by Crippen LogP contribution is 2.43. The molecule has 2 aromatic carbocycles. The highest BCUT2D eigenvalue weighted by atomic mass is 19.1. The van der Waals surface area contributed by atoms with E-state index in [0.717, 1.165) is 11.1 Å². The average Bonchev–Trinajstić information content (AvgIpc) is 3.29. The number of aliphatic hydroxyl groups excluding tert-OH is 1. The van der Waals surface area contributed by atoms with Crippen molar-refractivity contribution in [2.45, 2.75) is 26.4 Å². The Hall–Kier alpha value is -3.20. The maximum atomic E-state index is 15.0. The number of benzene rings is 2. The van der Waals surface area contributed by atoms with Crippen molar-refractivity contribution < 1.29 is 28.4 Å². The third-order valence-electron chi connectivity index (χ3n) is 5.65. The van der Waals surface area contributed by atoms with Crippen LogP contribution in [0, 0.1) is 19.7 Å². The van der Waals surface area contributed by atoms with Gasteiger partial charge in [-0.3, -0.25) is 5.73 Å². The molecule has 1 unspecified atom stereocenters. The third-order valence-corrected chi connectivity index (χ3v) is 5.65. The lowest BCUT2D eigenvalue weighted by Crippen LogP contribution is -2.12. The van der Waals surface area contributed by atoms with Crippen LogP contribution in [0.2, 0.25) is 0 Å². The molecule has 174 valence electrons. The molecule has 3 aromatic rings. The Morgan fingerprint density at radius 1 is 1.15 bits per heavy atom. The molecule has 4 rings (SSSR count). The molecule has 3 N–H and O–H groups in total. The summed E-state index contributed by atoms with van der Waals surface area (Å²) in [6.45, 7) is 4.06. The fraction of sp³-hybridized carbons (Fsp3) is 0.320. The molecule has 0 fully saturated rings. The van der Waals surface area contributed by atoms with E-state index in [0.29, 0.717) is 52.8 Å². The van der Waals surface area contributed by atoms with Gasteiger partial charge in [-0.05, 0) is 54.8 Å². The smallest absolute Gasteiger partial charge is 0.188 e. The van der Waals surface area contributed by atoms with Gasteiger partial charge in [0.2, 0.25) is 0 Å². The number of halogens is 1. The van der Waals surface area contributed by atoms with Crippen molar-refractivity contribution in [2.75, 3.05) is 27.2 Å². The number of hydrogen-bond donors (Lipinski definition) is 2. The number of rotatable bonds is 8. The molecular formula is C25H27FN2O5. The van der Waals surface area contributed by atoms with Crippen molar-refractivity contribution in [1.29, 1.82) is 0 Å². The minimum absolute atomic E-state index is 0.0173. The number of aromatic nitrogens is 1. The molecule has 0 aliphatic carbocycles. The Labute approximate surface area is 191 Å². The molecule has 0 bridgehead atoms. The lowest BCUT2D eigenvalue weighted by molar-refractivity contribution is 0.0512. The van der Waals surface area contributed by atoms with Gasteiger partial charge in [-0.1, -0.05) is 12.1 Å². The Morgan fingerprint density at radius 3 is 2.73 bits per heavy atom. The second kappa shape index (κ2) is 9.74. The van der Waals surface area contributed by atoms with Crippen LogP contribution >= 0.6 is 0 Å². The minimum atomic E-state index is -1.06. The number of hydrogen-bond acceptors (Lipinski definition) is 7. The van der Waals surface area contributed by atoms with Crippen LogP contribution in [-0.2, 0) is 11.2 Å². The van der Waals surface area contributed by atoms with Crippen LogP contribution < -0.4 is 19.9 Å². The van der Waals surface area contributed by atoms with E-state index >= 15 is 0 Å². The quantitative estimate of drug-likeness (QED) is 0.500. The van der Waals surface area contributed by atoms with Crippen LogP contribution in [0.5, 0.6) is 17.2 Å². The van der Waals surface area contributed by atoms with Gasteiger partial charge in [0.25, 0.3) is 0 Å². The second-order valence-electron chi connectivity index (χ2n) is 7.80. The summed E-state index contributed by atoms with van der Waals surface area (Å²) in [5.41, 5.74) is 9.34. The van der Waals surface area contributed by atoms with Crippen LogP contribution in [0.3, 0.4) is 0 Å². The van der Waals surface area contributed by atoms with Gasteiger partial charge in [0.1, 0.15) is 30.1 Å². The van der Waals surface area contributed by atoms with Gasteiger partial charge in [-0.2, -0.15) is 0 Å². The molecule has 7 nitrogen and oxygen atoms in total. The number of fused-ring (bicyclic) bond motifs is 1. The van der Waals surface area contributed by atoms with E-state index in [-0.39, 0.29) is 19.1 Å². The molecule has 1 aromatic heterocycles. The molecule has 2 heterocycles. The van der Waals surface area contributed by atoms with E-state index in [1.807, 2.05) is 6.92 Å². The molecule has 33 heavy (non-hydrogen) atoms. The first kappa shape index (κ1) is 23.0. The lowest BCUT2D eigenvalue weighted by Gasteiger charge is -2.20. The van der Waals surface area contributed by atoms with Gasteiger partial charge in [0, 0.05) is 24.7 Å². The molecule has 0 spiro atoms. The third kappa shape index (κ3) is 4.37. The first-order valence-electron chi connectivity index (χ1n) is 10.6. The number of ether oxygens (including phenoxy) is 4. The molecule has 0 amide bonds.